The molecule has 0 aliphatic heterocycles. The number of hydrogen-bond acceptors (Lipinski definition) is 2. The first-order valence-corrected chi connectivity index (χ1v) is 6.59. The van der Waals surface area contributed by atoms with Crippen LogP contribution in [0, 0.1) is 5.92 Å². The Hall–Kier alpha value is -1.55. The van der Waals surface area contributed by atoms with E-state index in [1.54, 1.807) is 26.0 Å². The van der Waals surface area contributed by atoms with Crippen molar-refractivity contribution < 1.29 is 14.7 Å². The molecule has 5 heteroatoms. The molecule has 2 rings (SSSR count). The molecule has 1 aromatic carbocycles. The van der Waals surface area contributed by atoms with Crippen LogP contribution in [0.2, 0.25) is 5.02 Å². The van der Waals surface area contributed by atoms with Crippen molar-refractivity contribution in [2.75, 3.05) is 0 Å². The van der Waals surface area contributed by atoms with Gasteiger partial charge in [0.2, 0.25) is 5.91 Å². The topological polar surface area (TPSA) is 66.4 Å². The third-order valence-corrected chi connectivity index (χ3v) is 3.69. The molecule has 0 fully saturated rings. The highest BCUT2D eigenvalue weighted by Gasteiger charge is 2.35. The number of carboxylic acids is 1. The highest BCUT2D eigenvalue weighted by molar-refractivity contribution is 6.30. The predicted molar refractivity (Wildman–Crippen MR) is 72.3 cm³/mol. The lowest BCUT2D eigenvalue weighted by atomic mass is 9.77. The summed E-state index contributed by atoms with van der Waals surface area (Å²) in [6.45, 7) is 3.54. The molecular formula is C14H16ClNO3. The van der Waals surface area contributed by atoms with Crippen LogP contribution in [0.3, 0.4) is 0 Å². The molecule has 102 valence electrons. The summed E-state index contributed by atoms with van der Waals surface area (Å²) < 4.78 is 0. The van der Waals surface area contributed by atoms with Gasteiger partial charge in [-0.1, -0.05) is 31.5 Å². The number of carboxylic acid groups (broad SMARTS) is 1. The molecule has 0 heterocycles. The van der Waals surface area contributed by atoms with E-state index < -0.39 is 12.0 Å². The number of rotatable bonds is 4. The van der Waals surface area contributed by atoms with Gasteiger partial charge in [-0.2, -0.15) is 0 Å². The van der Waals surface area contributed by atoms with Gasteiger partial charge in [-0.25, -0.2) is 4.79 Å². The summed E-state index contributed by atoms with van der Waals surface area (Å²) in [5.74, 6) is -1.68. The van der Waals surface area contributed by atoms with Gasteiger partial charge in [0.05, 0.1) is 5.92 Å². The molecule has 0 spiro atoms. The van der Waals surface area contributed by atoms with E-state index in [1.165, 1.54) is 0 Å². The summed E-state index contributed by atoms with van der Waals surface area (Å²) in [5.41, 5.74) is 2.00. The number of carbonyl (C=O) groups excluding carboxylic acids is 1. The average molecular weight is 282 g/mol. The van der Waals surface area contributed by atoms with Crippen LogP contribution in [-0.2, 0) is 16.0 Å². The predicted octanol–water partition coefficient (Wildman–Crippen LogP) is 2.21. The highest BCUT2D eigenvalue weighted by atomic mass is 35.5. The van der Waals surface area contributed by atoms with Gasteiger partial charge in [0.1, 0.15) is 6.04 Å². The van der Waals surface area contributed by atoms with Crippen LogP contribution >= 0.6 is 11.6 Å². The first kappa shape index (κ1) is 13.9. The normalized spacial score (nSPS) is 18.4. The molecule has 2 atom stereocenters. The van der Waals surface area contributed by atoms with E-state index in [0.29, 0.717) is 11.4 Å². The smallest absolute Gasteiger partial charge is 0.326 e. The fraction of sp³-hybridized carbons (Fsp3) is 0.429. The lowest BCUT2D eigenvalue weighted by Gasteiger charge is -2.31. The Bertz CT molecular complexity index is 527. The monoisotopic (exact) mass is 281 g/mol. The minimum atomic E-state index is -1.01. The maximum absolute atomic E-state index is 12.1. The Morgan fingerprint density at radius 3 is 2.68 bits per heavy atom. The van der Waals surface area contributed by atoms with Crippen molar-refractivity contribution in [2.24, 2.45) is 5.92 Å². The molecule has 0 saturated carbocycles. The maximum Gasteiger partial charge on any atom is 0.326 e. The molecule has 2 unspecified atom stereocenters. The van der Waals surface area contributed by atoms with Gasteiger partial charge in [0.25, 0.3) is 0 Å². The van der Waals surface area contributed by atoms with Crippen LogP contribution in [-0.4, -0.2) is 23.0 Å². The number of halogens is 1. The lowest BCUT2D eigenvalue weighted by Crippen LogP contribution is -2.47. The van der Waals surface area contributed by atoms with Crippen molar-refractivity contribution in [1.82, 2.24) is 5.32 Å². The molecule has 19 heavy (non-hydrogen) atoms. The van der Waals surface area contributed by atoms with Crippen molar-refractivity contribution in [2.45, 2.75) is 32.2 Å². The molecule has 4 nitrogen and oxygen atoms in total. The molecule has 2 N–H and O–H groups in total. The summed E-state index contributed by atoms with van der Waals surface area (Å²) in [5, 5.41) is 12.3. The summed E-state index contributed by atoms with van der Waals surface area (Å²) in [6, 6.07) is 4.62. The zero-order valence-electron chi connectivity index (χ0n) is 10.8. The highest BCUT2D eigenvalue weighted by Crippen LogP contribution is 2.37. The second-order valence-electron chi connectivity index (χ2n) is 5.17. The molecule has 0 aromatic heterocycles. The van der Waals surface area contributed by atoms with Crippen LogP contribution < -0.4 is 5.32 Å². The van der Waals surface area contributed by atoms with Gasteiger partial charge >= 0.3 is 5.97 Å². The third kappa shape index (κ3) is 2.73. The zero-order chi connectivity index (χ0) is 14.2. The molecule has 0 radical (unpaired) electrons. The van der Waals surface area contributed by atoms with E-state index in [4.69, 9.17) is 16.7 Å². The molecule has 0 bridgehead atoms. The molecule has 1 aromatic rings. The minimum Gasteiger partial charge on any atom is -0.480 e. The Labute approximate surface area is 116 Å². The van der Waals surface area contributed by atoms with Crippen LogP contribution in [0.4, 0.5) is 0 Å². The lowest BCUT2D eigenvalue weighted by molar-refractivity contribution is -0.143. The Balaban J connectivity index is 2.09. The van der Waals surface area contributed by atoms with Crippen LogP contribution in [0.5, 0.6) is 0 Å². The molecular weight excluding hydrogens is 266 g/mol. The number of carbonyl (C=O) groups is 2. The SMILES string of the molecule is CC(C)C(NC(=O)C1Cc2ccc(Cl)cc21)C(=O)O. The van der Waals surface area contributed by atoms with Crippen molar-refractivity contribution >= 4 is 23.5 Å². The summed E-state index contributed by atoms with van der Waals surface area (Å²) in [7, 11) is 0. The number of aliphatic carboxylic acids is 1. The first-order chi connectivity index (χ1) is 8.90. The molecule has 1 amide bonds. The van der Waals surface area contributed by atoms with E-state index in [-0.39, 0.29) is 17.7 Å². The van der Waals surface area contributed by atoms with Crippen molar-refractivity contribution in [1.29, 1.82) is 0 Å². The van der Waals surface area contributed by atoms with Crippen molar-refractivity contribution in [3.63, 3.8) is 0 Å². The first-order valence-electron chi connectivity index (χ1n) is 6.21. The number of fused-ring (bicyclic) bond motifs is 1. The molecule has 1 aliphatic carbocycles. The second kappa shape index (κ2) is 5.21. The van der Waals surface area contributed by atoms with Gasteiger partial charge in [-0.15, -0.1) is 0 Å². The van der Waals surface area contributed by atoms with E-state index in [1.807, 2.05) is 6.07 Å². The largest absolute Gasteiger partial charge is 0.480 e. The fourth-order valence-corrected chi connectivity index (χ4v) is 2.46. The zero-order valence-corrected chi connectivity index (χ0v) is 11.6. The standard InChI is InChI=1S/C14H16ClNO3/c1-7(2)12(14(18)19)16-13(17)11-5-8-3-4-9(15)6-10(8)11/h3-4,6-7,11-12H,5H2,1-2H3,(H,16,17)(H,18,19). The van der Waals surface area contributed by atoms with E-state index in [0.717, 1.165) is 11.1 Å². The van der Waals surface area contributed by atoms with Crippen molar-refractivity contribution in [3.8, 4) is 0 Å². The third-order valence-electron chi connectivity index (χ3n) is 3.45. The summed E-state index contributed by atoms with van der Waals surface area (Å²) in [6.07, 6.45) is 0.642. The summed E-state index contributed by atoms with van der Waals surface area (Å²) in [4.78, 5) is 23.2. The van der Waals surface area contributed by atoms with Crippen molar-refractivity contribution in [3.05, 3.63) is 34.3 Å². The van der Waals surface area contributed by atoms with Crippen LogP contribution in [0.1, 0.15) is 30.9 Å². The van der Waals surface area contributed by atoms with Gasteiger partial charge in [-0.05, 0) is 35.6 Å². The van der Waals surface area contributed by atoms with Gasteiger partial charge in [-0.3, -0.25) is 4.79 Å². The number of nitrogens with one attached hydrogen (secondary N) is 1. The summed E-state index contributed by atoms with van der Waals surface area (Å²) >= 11 is 5.90. The van der Waals surface area contributed by atoms with Crippen LogP contribution in [0.25, 0.3) is 0 Å². The van der Waals surface area contributed by atoms with E-state index in [9.17, 15) is 9.59 Å². The van der Waals surface area contributed by atoms with Gasteiger partial charge in [0, 0.05) is 5.02 Å². The Kier molecular flexibility index (Phi) is 3.80. The maximum atomic E-state index is 12.1. The van der Waals surface area contributed by atoms with Crippen LogP contribution in [0.15, 0.2) is 18.2 Å². The van der Waals surface area contributed by atoms with Gasteiger partial charge < -0.3 is 10.4 Å². The van der Waals surface area contributed by atoms with E-state index >= 15 is 0 Å². The number of hydrogen-bond donors (Lipinski definition) is 2. The molecule has 0 saturated heterocycles. The number of benzene rings is 1. The minimum absolute atomic E-state index is 0.152. The van der Waals surface area contributed by atoms with E-state index in [2.05, 4.69) is 5.32 Å². The Morgan fingerprint density at radius 1 is 1.42 bits per heavy atom. The average Bonchev–Trinajstić information content (AvgIpc) is 2.29. The fourth-order valence-electron chi connectivity index (χ4n) is 2.28. The number of amides is 1. The quantitative estimate of drug-likeness (QED) is 0.889. The molecule has 1 aliphatic rings. The van der Waals surface area contributed by atoms with Gasteiger partial charge in [0.15, 0.2) is 0 Å². The Morgan fingerprint density at radius 2 is 2.11 bits per heavy atom. The second-order valence-corrected chi connectivity index (χ2v) is 5.60.